The number of carbonyl (C=O) groups excluding carboxylic acids is 2. The van der Waals surface area contributed by atoms with Crippen molar-refractivity contribution in [1.82, 2.24) is 14.8 Å². The maximum Gasteiger partial charge on any atom is 0.255 e. The Labute approximate surface area is 173 Å². The Kier molecular flexibility index (Phi) is 8.70. The predicted octanol–water partition coefficient (Wildman–Crippen LogP) is 1.61. The van der Waals surface area contributed by atoms with Crippen LogP contribution in [0.2, 0.25) is 0 Å². The van der Waals surface area contributed by atoms with Crippen LogP contribution in [0.1, 0.15) is 55.2 Å². The number of piperidine rings is 1. The summed E-state index contributed by atoms with van der Waals surface area (Å²) < 4.78 is 1.38. The molecule has 0 spiro atoms. The molecule has 0 bridgehead atoms. The molecule has 1 saturated heterocycles. The predicted molar refractivity (Wildman–Crippen MR) is 113 cm³/mol. The molecule has 2 atom stereocenters. The fraction of sp³-hybridized carbons (Fsp3) is 0.650. The second kappa shape index (κ2) is 10.1. The number of aromatic nitrogens is 1. The van der Waals surface area contributed by atoms with E-state index >= 15 is 0 Å². The van der Waals surface area contributed by atoms with Gasteiger partial charge in [0.05, 0.1) is 5.56 Å². The van der Waals surface area contributed by atoms with Crippen LogP contribution in [-0.2, 0) is 11.3 Å². The summed E-state index contributed by atoms with van der Waals surface area (Å²) >= 11 is 0. The minimum absolute atomic E-state index is 0. The number of halogens is 1. The van der Waals surface area contributed by atoms with E-state index in [1.807, 2.05) is 25.7 Å². The zero-order chi connectivity index (χ0) is 20.3. The number of aryl methyl sites for hydroxylation is 1. The lowest BCUT2D eigenvalue weighted by Gasteiger charge is -2.35. The van der Waals surface area contributed by atoms with E-state index in [0.717, 1.165) is 12.8 Å². The first-order valence-corrected chi connectivity index (χ1v) is 9.67. The Balaban J connectivity index is 0.00000392. The third-order valence-corrected chi connectivity index (χ3v) is 5.22. The van der Waals surface area contributed by atoms with Crippen molar-refractivity contribution in [3.8, 4) is 0 Å². The molecule has 1 aromatic heterocycles. The van der Waals surface area contributed by atoms with Crippen LogP contribution >= 0.6 is 12.4 Å². The highest BCUT2D eigenvalue weighted by molar-refractivity contribution is 5.96. The van der Waals surface area contributed by atoms with E-state index in [2.05, 4.69) is 5.32 Å². The van der Waals surface area contributed by atoms with Gasteiger partial charge in [-0.2, -0.15) is 0 Å². The van der Waals surface area contributed by atoms with Crippen LogP contribution in [0.5, 0.6) is 0 Å². The van der Waals surface area contributed by atoms with E-state index in [1.165, 1.54) is 10.6 Å². The molecule has 0 aliphatic carbocycles. The molecule has 2 amide bonds. The van der Waals surface area contributed by atoms with Gasteiger partial charge in [-0.1, -0.05) is 0 Å². The molecule has 1 fully saturated rings. The average molecular weight is 413 g/mol. The zero-order valence-corrected chi connectivity index (χ0v) is 18.3. The third-order valence-electron chi connectivity index (χ3n) is 5.22. The van der Waals surface area contributed by atoms with E-state index in [0.29, 0.717) is 29.9 Å². The van der Waals surface area contributed by atoms with Gasteiger partial charge >= 0.3 is 0 Å². The van der Waals surface area contributed by atoms with E-state index in [1.54, 1.807) is 13.8 Å². The van der Waals surface area contributed by atoms with Gasteiger partial charge in [-0.3, -0.25) is 14.4 Å². The van der Waals surface area contributed by atoms with Gasteiger partial charge in [-0.05, 0) is 58.9 Å². The van der Waals surface area contributed by atoms with Gasteiger partial charge in [0.1, 0.15) is 6.54 Å². The Morgan fingerprint density at radius 2 is 1.93 bits per heavy atom. The van der Waals surface area contributed by atoms with Crippen LogP contribution in [0.3, 0.4) is 0 Å². The van der Waals surface area contributed by atoms with Crippen molar-refractivity contribution < 1.29 is 9.59 Å². The molecule has 8 heteroatoms. The SMILES string of the molecule is Cc1cc(=O)n(CC(=O)NC(C)C)c(C)c1C(=O)N1CCCC(C(C)N)C1.Cl. The number of nitrogens with zero attached hydrogens (tertiary/aromatic N) is 2. The van der Waals surface area contributed by atoms with Crippen LogP contribution in [0.4, 0.5) is 0 Å². The average Bonchev–Trinajstić information content (AvgIpc) is 2.57. The van der Waals surface area contributed by atoms with Crippen LogP contribution in [0.15, 0.2) is 10.9 Å². The lowest BCUT2D eigenvalue weighted by Crippen LogP contribution is -2.46. The molecule has 0 aromatic carbocycles. The Morgan fingerprint density at radius 1 is 1.29 bits per heavy atom. The molecule has 2 heterocycles. The number of nitrogens with two attached hydrogens (primary N) is 1. The molecule has 7 nitrogen and oxygen atoms in total. The van der Waals surface area contributed by atoms with Gasteiger partial charge in [0.2, 0.25) is 5.91 Å². The quantitative estimate of drug-likeness (QED) is 0.767. The number of likely N-dealkylation sites (tertiary alicyclic amines) is 1. The second-order valence-electron chi connectivity index (χ2n) is 7.95. The molecule has 2 unspecified atom stereocenters. The molecule has 3 N–H and O–H groups in total. The number of pyridine rings is 1. The summed E-state index contributed by atoms with van der Waals surface area (Å²) in [5.41, 5.74) is 7.46. The van der Waals surface area contributed by atoms with Crippen LogP contribution in [0, 0.1) is 19.8 Å². The molecule has 28 heavy (non-hydrogen) atoms. The third kappa shape index (κ3) is 5.58. The zero-order valence-electron chi connectivity index (χ0n) is 17.4. The molecular formula is C20H33ClN4O3. The van der Waals surface area contributed by atoms with E-state index < -0.39 is 0 Å². The largest absolute Gasteiger partial charge is 0.352 e. The van der Waals surface area contributed by atoms with Gasteiger partial charge in [-0.15, -0.1) is 12.4 Å². The summed E-state index contributed by atoms with van der Waals surface area (Å²) in [5.74, 6) is -0.0492. The van der Waals surface area contributed by atoms with Gasteiger partial charge in [0.25, 0.3) is 11.5 Å². The highest BCUT2D eigenvalue weighted by Crippen LogP contribution is 2.22. The normalized spacial score (nSPS) is 17.8. The highest BCUT2D eigenvalue weighted by Gasteiger charge is 2.29. The fourth-order valence-electron chi connectivity index (χ4n) is 3.73. The Bertz CT molecular complexity index is 773. The summed E-state index contributed by atoms with van der Waals surface area (Å²) in [6.45, 7) is 10.4. The lowest BCUT2D eigenvalue weighted by atomic mass is 9.91. The first-order chi connectivity index (χ1) is 12.6. The van der Waals surface area contributed by atoms with Gasteiger partial charge < -0.3 is 20.5 Å². The van der Waals surface area contributed by atoms with Crippen molar-refractivity contribution in [2.75, 3.05) is 13.1 Å². The standard InChI is InChI=1S/C20H32N4O3.ClH/c1-12(2)22-17(25)11-24-15(5)19(13(3)9-18(24)26)20(27)23-8-6-7-16(10-23)14(4)21;/h9,12,14,16H,6-8,10-11,21H2,1-5H3,(H,22,25);1H. The van der Waals surface area contributed by atoms with E-state index in [-0.39, 0.29) is 54.3 Å². The van der Waals surface area contributed by atoms with Crippen molar-refractivity contribution in [2.45, 2.75) is 66.1 Å². The van der Waals surface area contributed by atoms with Crippen LogP contribution in [-0.4, -0.2) is 46.5 Å². The fourth-order valence-corrected chi connectivity index (χ4v) is 3.73. The smallest absolute Gasteiger partial charge is 0.255 e. The lowest BCUT2D eigenvalue weighted by molar-refractivity contribution is -0.122. The second-order valence-corrected chi connectivity index (χ2v) is 7.95. The molecular weight excluding hydrogens is 380 g/mol. The van der Waals surface area contributed by atoms with Crippen molar-refractivity contribution in [3.63, 3.8) is 0 Å². The monoisotopic (exact) mass is 412 g/mol. The van der Waals surface area contributed by atoms with Crippen molar-refractivity contribution in [1.29, 1.82) is 0 Å². The molecule has 1 aromatic rings. The molecule has 1 aliphatic rings. The number of amides is 2. The number of rotatable bonds is 5. The van der Waals surface area contributed by atoms with E-state index in [9.17, 15) is 14.4 Å². The van der Waals surface area contributed by atoms with E-state index in [4.69, 9.17) is 5.73 Å². The minimum Gasteiger partial charge on any atom is -0.352 e. The van der Waals surface area contributed by atoms with Crippen molar-refractivity contribution in [3.05, 3.63) is 33.2 Å². The van der Waals surface area contributed by atoms with Crippen molar-refractivity contribution in [2.24, 2.45) is 11.7 Å². The maximum absolute atomic E-state index is 13.2. The van der Waals surface area contributed by atoms with Crippen molar-refractivity contribution >= 4 is 24.2 Å². The number of nitrogens with one attached hydrogen (secondary N) is 1. The number of carbonyl (C=O) groups is 2. The summed E-state index contributed by atoms with van der Waals surface area (Å²) in [6.07, 6.45) is 1.95. The van der Waals surface area contributed by atoms with Crippen LogP contribution < -0.4 is 16.6 Å². The molecule has 0 saturated carbocycles. The maximum atomic E-state index is 13.2. The topological polar surface area (TPSA) is 97.4 Å². The summed E-state index contributed by atoms with van der Waals surface area (Å²) in [7, 11) is 0. The molecule has 2 rings (SSSR count). The molecule has 0 radical (unpaired) electrons. The van der Waals surface area contributed by atoms with Crippen LogP contribution in [0.25, 0.3) is 0 Å². The summed E-state index contributed by atoms with van der Waals surface area (Å²) in [6, 6.07) is 1.47. The summed E-state index contributed by atoms with van der Waals surface area (Å²) in [4.78, 5) is 39.6. The number of hydrogen-bond acceptors (Lipinski definition) is 4. The first-order valence-electron chi connectivity index (χ1n) is 9.67. The number of hydrogen-bond donors (Lipinski definition) is 2. The molecule has 158 valence electrons. The van der Waals surface area contributed by atoms with Gasteiger partial charge in [0.15, 0.2) is 0 Å². The summed E-state index contributed by atoms with van der Waals surface area (Å²) in [5, 5.41) is 2.78. The Morgan fingerprint density at radius 3 is 2.50 bits per heavy atom. The minimum atomic E-state index is -0.271. The van der Waals surface area contributed by atoms with Gasteiger partial charge in [0, 0.05) is 36.9 Å². The van der Waals surface area contributed by atoms with Gasteiger partial charge in [-0.25, -0.2) is 0 Å². The molecule has 1 aliphatic heterocycles. The highest BCUT2D eigenvalue weighted by atomic mass is 35.5. The first kappa shape index (κ1) is 24.2. The Hall–Kier alpha value is -1.86.